The van der Waals surface area contributed by atoms with E-state index in [0.29, 0.717) is 27.2 Å². The van der Waals surface area contributed by atoms with Gasteiger partial charge in [-0.25, -0.2) is 9.78 Å². The van der Waals surface area contributed by atoms with E-state index in [-0.39, 0.29) is 22.0 Å². The fourth-order valence-electron chi connectivity index (χ4n) is 3.90. The molecule has 0 aliphatic carbocycles. The Bertz CT molecular complexity index is 1510. The molecule has 0 spiro atoms. The van der Waals surface area contributed by atoms with E-state index in [4.69, 9.17) is 4.74 Å². The first-order valence-electron chi connectivity index (χ1n) is 10.4. The van der Waals surface area contributed by atoms with Crippen molar-refractivity contribution < 1.29 is 29.3 Å². The Kier molecular flexibility index (Phi) is 5.50. The van der Waals surface area contributed by atoms with Crippen molar-refractivity contribution in [2.45, 2.75) is 6.04 Å². The number of carboxylic acids is 1. The van der Waals surface area contributed by atoms with Gasteiger partial charge >= 0.3 is 11.9 Å². The van der Waals surface area contributed by atoms with Crippen molar-refractivity contribution in [1.29, 1.82) is 0 Å². The smallest absolute Gasteiger partial charge is 0.335 e. The number of amides is 1. The summed E-state index contributed by atoms with van der Waals surface area (Å²) in [6.45, 7) is 0. The number of aliphatic hydroxyl groups excluding tert-OH is 1. The van der Waals surface area contributed by atoms with E-state index < -0.39 is 23.7 Å². The van der Waals surface area contributed by atoms with Crippen LogP contribution < -0.4 is 9.64 Å². The third-order valence-corrected chi connectivity index (χ3v) is 6.62. The van der Waals surface area contributed by atoms with Crippen molar-refractivity contribution in [2.24, 2.45) is 0 Å². The van der Waals surface area contributed by atoms with Gasteiger partial charge in [-0.1, -0.05) is 17.4 Å². The molecule has 1 aliphatic heterocycles. The molecule has 0 saturated carbocycles. The third kappa shape index (κ3) is 3.79. The molecule has 1 saturated heterocycles. The van der Waals surface area contributed by atoms with Crippen molar-refractivity contribution >= 4 is 50.1 Å². The van der Waals surface area contributed by atoms with Crippen molar-refractivity contribution in [3.05, 3.63) is 89.3 Å². The summed E-state index contributed by atoms with van der Waals surface area (Å²) in [4.78, 5) is 47.8. The van der Waals surface area contributed by atoms with Gasteiger partial charge in [-0.2, -0.15) is 0 Å². The molecule has 2 aromatic heterocycles. The molecule has 5 rings (SSSR count). The largest absolute Gasteiger partial charge is 0.507 e. The van der Waals surface area contributed by atoms with Crippen molar-refractivity contribution in [3.63, 3.8) is 0 Å². The topological polar surface area (TPSA) is 130 Å². The van der Waals surface area contributed by atoms with Crippen LogP contribution in [0.25, 0.3) is 16.0 Å². The molecule has 1 atom stereocenters. The minimum atomic E-state index is -1.09. The number of hydrogen-bond acceptors (Lipinski definition) is 8. The number of benzene rings is 2. The predicted molar refractivity (Wildman–Crippen MR) is 129 cm³/mol. The predicted octanol–water partition coefficient (Wildman–Crippen LogP) is 4.02. The molecule has 1 fully saturated rings. The second-order valence-electron chi connectivity index (χ2n) is 7.64. The monoisotopic (exact) mass is 487 g/mol. The molecule has 10 heteroatoms. The summed E-state index contributed by atoms with van der Waals surface area (Å²) >= 11 is 1.07. The van der Waals surface area contributed by atoms with Crippen molar-refractivity contribution in [1.82, 2.24) is 9.97 Å². The fraction of sp³-hybridized carbons (Fsp3) is 0.0800. The number of carbonyl (C=O) groups is 3. The molecule has 1 aliphatic rings. The van der Waals surface area contributed by atoms with Gasteiger partial charge in [-0.05, 0) is 54.6 Å². The molecule has 9 nitrogen and oxygen atoms in total. The number of carboxylic acid groups (broad SMARTS) is 1. The Labute approximate surface area is 202 Å². The maximum atomic E-state index is 13.2. The van der Waals surface area contributed by atoms with Gasteiger partial charge in [0, 0.05) is 11.8 Å². The van der Waals surface area contributed by atoms with Crippen LogP contribution in [0.2, 0.25) is 0 Å². The molecule has 174 valence electrons. The minimum absolute atomic E-state index is 0.0792. The van der Waals surface area contributed by atoms with Crippen LogP contribution in [0.4, 0.5) is 5.13 Å². The van der Waals surface area contributed by atoms with Crippen LogP contribution in [-0.4, -0.2) is 45.0 Å². The fourth-order valence-corrected chi connectivity index (χ4v) is 4.93. The summed E-state index contributed by atoms with van der Waals surface area (Å²) in [5.74, 6) is -2.61. The first kappa shape index (κ1) is 22.2. The van der Waals surface area contributed by atoms with Gasteiger partial charge in [-0.3, -0.25) is 19.5 Å². The number of hydrogen-bond donors (Lipinski definition) is 2. The van der Waals surface area contributed by atoms with Gasteiger partial charge in [0.05, 0.1) is 34.2 Å². The Morgan fingerprint density at radius 3 is 2.43 bits per heavy atom. The summed E-state index contributed by atoms with van der Waals surface area (Å²) in [6.07, 6.45) is 1.53. The molecule has 3 heterocycles. The van der Waals surface area contributed by atoms with E-state index in [9.17, 15) is 24.6 Å². The molecule has 0 radical (unpaired) electrons. The van der Waals surface area contributed by atoms with Gasteiger partial charge in [0.25, 0.3) is 5.78 Å². The summed E-state index contributed by atoms with van der Waals surface area (Å²) in [7, 11) is 1.51. The molecule has 4 aromatic rings. The number of rotatable bonds is 5. The van der Waals surface area contributed by atoms with Gasteiger partial charge in [0.1, 0.15) is 17.6 Å². The number of ketones is 1. The number of aromatic nitrogens is 2. The SMILES string of the molecule is COc1ccc(/C(O)=C2\C(=O)C(=O)N(c3nc4ccc(C(=O)O)cc4s3)C2c2ccccn2)cc1. The number of methoxy groups -OCH3 is 1. The first-order valence-corrected chi connectivity index (χ1v) is 11.2. The number of ether oxygens (including phenoxy) is 1. The second kappa shape index (κ2) is 8.65. The van der Waals surface area contributed by atoms with Crippen LogP contribution in [0.1, 0.15) is 27.7 Å². The number of anilines is 1. The zero-order valence-corrected chi connectivity index (χ0v) is 19.0. The number of aliphatic hydroxyl groups is 1. The summed E-state index contributed by atoms with van der Waals surface area (Å²) in [6, 6.07) is 14.9. The van der Waals surface area contributed by atoms with E-state index >= 15 is 0 Å². The quantitative estimate of drug-likeness (QED) is 0.245. The van der Waals surface area contributed by atoms with Crippen LogP contribution in [0.3, 0.4) is 0 Å². The highest BCUT2D eigenvalue weighted by atomic mass is 32.1. The highest BCUT2D eigenvalue weighted by Crippen LogP contribution is 2.43. The average Bonchev–Trinajstić information content (AvgIpc) is 3.41. The van der Waals surface area contributed by atoms with Crippen LogP contribution in [0.15, 0.2) is 72.4 Å². The van der Waals surface area contributed by atoms with Crippen LogP contribution >= 0.6 is 11.3 Å². The van der Waals surface area contributed by atoms with Gasteiger partial charge in [-0.15, -0.1) is 0 Å². The molecular weight excluding hydrogens is 470 g/mol. The Hall–Kier alpha value is -4.57. The Morgan fingerprint density at radius 2 is 1.77 bits per heavy atom. The molecule has 2 aromatic carbocycles. The molecule has 1 unspecified atom stereocenters. The van der Waals surface area contributed by atoms with Crippen LogP contribution in [0, 0.1) is 0 Å². The van der Waals surface area contributed by atoms with E-state index in [1.165, 1.54) is 30.3 Å². The van der Waals surface area contributed by atoms with Crippen molar-refractivity contribution in [3.8, 4) is 5.75 Å². The lowest BCUT2D eigenvalue weighted by molar-refractivity contribution is -0.132. The summed E-state index contributed by atoms with van der Waals surface area (Å²) < 4.78 is 5.69. The first-order chi connectivity index (χ1) is 16.9. The van der Waals surface area contributed by atoms with Crippen LogP contribution in [-0.2, 0) is 9.59 Å². The summed E-state index contributed by atoms with van der Waals surface area (Å²) in [5.41, 5.74) is 1.14. The summed E-state index contributed by atoms with van der Waals surface area (Å²) in [5, 5.41) is 20.6. The minimum Gasteiger partial charge on any atom is -0.507 e. The van der Waals surface area contributed by atoms with E-state index in [2.05, 4.69) is 9.97 Å². The number of nitrogens with zero attached hydrogens (tertiary/aromatic N) is 3. The van der Waals surface area contributed by atoms with Gasteiger partial charge in [0.2, 0.25) is 0 Å². The molecule has 0 bridgehead atoms. The van der Waals surface area contributed by atoms with E-state index in [1.807, 2.05) is 0 Å². The van der Waals surface area contributed by atoms with Gasteiger partial charge in [0.15, 0.2) is 5.13 Å². The zero-order valence-electron chi connectivity index (χ0n) is 18.2. The number of carbonyl (C=O) groups excluding carboxylic acids is 2. The lowest BCUT2D eigenvalue weighted by atomic mass is 9.98. The molecule has 35 heavy (non-hydrogen) atoms. The lowest BCUT2D eigenvalue weighted by Gasteiger charge is -2.21. The molecule has 1 amide bonds. The molecule has 2 N–H and O–H groups in total. The number of aromatic carboxylic acids is 1. The zero-order chi connectivity index (χ0) is 24.7. The Balaban J connectivity index is 1.69. The number of pyridine rings is 1. The van der Waals surface area contributed by atoms with Crippen molar-refractivity contribution in [2.75, 3.05) is 12.0 Å². The van der Waals surface area contributed by atoms with E-state index in [1.54, 1.807) is 48.5 Å². The number of thiazole rings is 1. The van der Waals surface area contributed by atoms with E-state index in [0.717, 1.165) is 11.3 Å². The highest BCUT2D eigenvalue weighted by Gasteiger charge is 2.48. The average molecular weight is 487 g/mol. The normalized spacial score (nSPS) is 17.2. The lowest BCUT2D eigenvalue weighted by Crippen LogP contribution is -2.29. The Morgan fingerprint density at radius 1 is 1.03 bits per heavy atom. The molecular formula is C25H17N3O6S. The van der Waals surface area contributed by atoms with Crippen LogP contribution in [0.5, 0.6) is 5.75 Å². The van der Waals surface area contributed by atoms with Gasteiger partial charge < -0.3 is 14.9 Å². The number of fused-ring (bicyclic) bond motifs is 1. The standard InChI is InChI=1S/C25H17N3O6S/c1-34-15-8-5-13(6-9-15)21(29)19-20(17-4-2-3-11-26-17)28(23(31)22(19)30)25-27-16-10-7-14(24(32)33)12-18(16)35-25/h2-12,20,29H,1H3,(H,32,33)/b21-19+. The third-order valence-electron chi connectivity index (χ3n) is 5.61. The highest BCUT2D eigenvalue weighted by molar-refractivity contribution is 7.22. The maximum absolute atomic E-state index is 13.2. The second-order valence-corrected chi connectivity index (χ2v) is 8.65. The maximum Gasteiger partial charge on any atom is 0.335 e. The number of Topliss-reactive ketones (excluding diaryl/α,β-unsaturated/α-hetero) is 1.